The molecule has 0 radical (unpaired) electrons. The SMILES string of the molecule is c1ccc2c(c1)n1cc(-c3ccc4c(c3)OCO4)[nH]c1[n+]2CC[NH+]1CCOCC1. The largest absolute Gasteiger partial charge is 0.454 e. The minimum atomic E-state index is 0.291. The molecule has 0 amide bonds. The van der Waals surface area contributed by atoms with Crippen molar-refractivity contribution >= 4 is 16.8 Å². The fourth-order valence-corrected chi connectivity index (χ4v) is 4.41. The van der Waals surface area contributed by atoms with Crippen LogP contribution in [0, 0.1) is 0 Å². The number of imidazole rings is 2. The number of benzene rings is 2. The molecule has 4 heterocycles. The molecule has 7 nitrogen and oxygen atoms in total. The number of hydrogen-bond acceptors (Lipinski definition) is 3. The standard InChI is InChI=1S/C22H22N4O3/c1-2-4-19-18(3-1)25(8-7-24-9-11-27-12-10-24)22-23-17(14-26(19)22)16-5-6-20-21(13-16)29-15-28-20/h1-6,13-14H,7-12,15H2/p+2. The molecule has 0 bridgehead atoms. The van der Waals surface area contributed by atoms with E-state index in [1.807, 2.05) is 12.1 Å². The lowest BCUT2D eigenvalue weighted by Crippen LogP contribution is -3.14. The van der Waals surface area contributed by atoms with Gasteiger partial charge in [0.15, 0.2) is 11.5 Å². The van der Waals surface area contributed by atoms with E-state index in [0.29, 0.717) is 6.79 Å². The highest BCUT2D eigenvalue weighted by molar-refractivity contribution is 5.77. The lowest BCUT2D eigenvalue weighted by atomic mass is 10.1. The van der Waals surface area contributed by atoms with Crippen molar-refractivity contribution in [3.8, 4) is 22.8 Å². The second-order valence-corrected chi connectivity index (χ2v) is 7.68. The van der Waals surface area contributed by atoms with E-state index >= 15 is 0 Å². The zero-order valence-electron chi connectivity index (χ0n) is 16.2. The second kappa shape index (κ2) is 6.79. The minimum absolute atomic E-state index is 0.291. The molecule has 0 saturated carbocycles. The van der Waals surface area contributed by atoms with Crippen LogP contribution in [0.25, 0.3) is 28.1 Å². The molecule has 2 aliphatic heterocycles. The highest BCUT2D eigenvalue weighted by Crippen LogP contribution is 2.35. The van der Waals surface area contributed by atoms with Gasteiger partial charge in [-0.3, -0.25) is 0 Å². The Morgan fingerprint density at radius 3 is 2.83 bits per heavy atom. The number of rotatable bonds is 4. The van der Waals surface area contributed by atoms with Gasteiger partial charge in [-0.1, -0.05) is 12.1 Å². The third-order valence-corrected chi connectivity index (χ3v) is 5.99. The molecule has 2 aromatic heterocycles. The van der Waals surface area contributed by atoms with Crippen molar-refractivity contribution in [3.05, 3.63) is 48.7 Å². The van der Waals surface area contributed by atoms with Crippen LogP contribution in [-0.4, -0.2) is 49.0 Å². The first kappa shape index (κ1) is 16.9. The molecule has 1 fully saturated rings. The van der Waals surface area contributed by atoms with Crippen LogP contribution in [-0.2, 0) is 11.3 Å². The molecule has 4 aromatic rings. The molecule has 2 N–H and O–H groups in total. The third kappa shape index (κ3) is 2.85. The van der Waals surface area contributed by atoms with Crippen molar-refractivity contribution in [1.29, 1.82) is 0 Å². The van der Waals surface area contributed by atoms with Gasteiger partial charge in [0.25, 0.3) is 0 Å². The van der Waals surface area contributed by atoms with Crippen molar-refractivity contribution in [2.75, 3.05) is 39.6 Å². The Bertz CT molecular complexity index is 1190. The van der Waals surface area contributed by atoms with E-state index in [9.17, 15) is 0 Å². The molecule has 2 aromatic carbocycles. The topological polar surface area (TPSA) is 56.2 Å². The van der Waals surface area contributed by atoms with Crippen LogP contribution in [0.2, 0.25) is 0 Å². The first-order valence-electron chi connectivity index (χ1n) is 10.2. The van der Waals surface area contributed by atoms with Gasteiger partial charge in [0.1, 0.15) is 49.1 Å². The number of aromatic amines is 1. The van der Waals surface area contributed by atoms with E-state index in [1.165, 1.54) is 11.0 Å². The maximum atomic E-state index is 5.55. The van der Waals surface area contributed by atoms with E-state index in [1.54, 1.807) is 4.90 Å². The number of quaternary nitrogens is 1. The van der Waals surface area contributed by atoms with Crippen LogP contribution in [0.1, 0.15) is 0 Å². The van der Waals surface area contributed by atoms with E-state index < -0.39 is 0 Å². The summed E-state index contributed by atoms with van der Waals surface area (Å²) in [5.74, 6) is 2.71. The van der Waals surface area contributed by atoms with Crippen LogP contribution in [0.3, 0.4) is 0 Å². The summed E-state index contributed by atoms with van der Waals surface area (Å²) in [6, 6.07) is 14.7. The number of nitrogens with zero attached hydrogens (tertiary/aromatic N) is 2. The first-order valence-corrected chi connectivity index (χ1v) is 10.2. The molecule has 0 unspecified atom stereocenters. The molecular weight excluding hydrogens is 368 g/mol. The molecule has 0 atom stereocenters. The van der Waals surface area contributed by atoms with Gasteiger partial charge >= 0.3 is 5.78 Å². The quantitative estimate of drug-likeness (QED) is 0.510. The second-order valence-electron chi connectivity index (χ2n) is 7.68. The molecule has 0 spiro atoms. The lowest BCUT2D eigenvalue weighted by Gasteiger charge is -2.23. The summed E-state index contributed by atoms with van der Waals surface area (Å²) in [5.41, 5.74) is 4.62. The Balaban J connectivity index is 1.41. The Kier molecular flexibility index (Phi) is 3.95. The van der Waals surface area contributed by atoms with E-state index in [-0.39, 0.29) is 0 Å². The van der Waals surface area contributed by atoms with Crippen molar-refractivity contribution in [2.45, 2.75) is 6.54 Å². The predicted molar refractivity (Wildman–Crippen MR) is 107 cm³/mol. The monoisotopic (exact) mass is 392 g/mol. The van der Waals surface area contributed by atoms with Gasteiger partial charge in [0.2, 0.25) is 6.79 Å². The summed E-state index contributed by atoms with van der Waals surface area (Å²) >= 11 is 0. The maximum absolute atomic E-state index is 5.55. The number of para-hydroxylation sites is 2. The van der Waals surface area contributed by atoms with E-state index in [4.69, 9.17) is 14.2 Å². The van der Waals surface area contributed by atoms with Crippen molar-refractivity contribution in [1.82, 2.24) is 9.38 Å². The van der Waals surface area contributed by atoms with Crippen LogP contribution in [0.4, 0.5) is 0 Å². The highest BCUT2D eigenvalue weighted by atomic mass is 16.7. The number of fused-ring (bicyclic) bond motifs is 4. The Labute approximate surface area is 168 Å². The van der Waals surface area contributed by atoms with Crippen molar-refractivity contribution in [2.24, 2.45) is 0 Å². The Morgan fingerprint density at radius 1 is 1.03 bits per heavy atom. The summed E-state index contributed by atoms with van der Waals surface area (Å²) in [6.07, 6.45) is 2.17. The van der Waals surface area contributed by atoms with Crippen LogP contribution >= 0.6 is 0 Å². The summed E-state index contributed by atoms with van der Waals surface area (Å²) in [4.78, 5) is 5.25. The zero-order chi connectivity index (χ0) is 19.2. The zero-order valence-corrected chi connectivity index (χ0v) is 16.2. The lowest BCUT2D eigenvalue weighted by molar-refractivity contribution is -0.923. The molecule has 148 valence electrons. The van der Waals surface area contributed by atoms with Crippen molar-refractivity contribution in [3.63, 3.8) is 0 Å². The number of ether oxygens (including phenoxy) is 3. The molecule has 7 heteroatoms. The fourth-order valence-electron chi connectivity index (χ4n) is 4.41. The van der Waals surface area contributed by atoms with Gasteiger partial charge in [-0.2, -0.15) is 4.40 Å². The molecule has 2 aliphatic rings. The van der Waals surface area contributed by atoms with Crippen molar-refractivity contribution < 1.29 is 23.7 Å². The highest BCUT2D eigenvalue weighted by Gasteiger charge is 2.24. The number of nitrogens with one attached hydrogen (secondary N) is 2. The average Bonchev–Trinajstić information content (AvgIpc) is 3.47. The molecule has 1 saturated heterocycles. The predicted octanol–water partition coefficient (Wildman–Crippen LogP) is 1.02. The summed E-state index contributed by atoms with van der Waals surface area (Å²) in [6.45, 7) is 6.25. The number of H-pyrrole nitrogens is 1. The average molecular weight is 392 g/mol. The molecule has 0 aliphatic carbocycles. The molecule has 29 heavy (non-hydrogen) atoms. The van der Waals surface area contributed by atoms with Gasteiger partial charge in [-0.05, 0) is 30.3 Å². The minimum Gasteiger partial charge on any atom is -0.454 e. The molecular formula is C22H24N4O3+2. The Morgan fingerprint density at radius 2 is 1.90 bits per heavy atom. The summed E-state index contributed by atoms with van der Waals surface area (Å²) in [5, 5.41) is 0. The van der Waals surface area contributed by atoms with Gasteiger partial charge in [-0.15, -0.1) is 0 Å². The normalized spacial score (nSPS) is 16.8. The van der Waals surface area contributed by atoms with Crippen LogP contribution < -0.4 is 18.9 Å². The van der Waals surface area contributed by atoms with Gasteiger partial charge in [0, 0.05) is 5.56 Å². The number of hydrogen-bond donors (Lipinski definition) is 2. The van der Waals surface area contributed by atoms with Gasteiger partial charge in [-0.25, -0.2) is 9.55 Å². The van der Waals surface area contributed by atoms with Crippen LogP contribution in [0.15, 0.2) is 48.7 Å². The Hall–Kier alpha value is -3.03. The number of morpholine rings is 1. The third-order valence-electron chi connectivity index (χ3n) is 5.99. The first-order chi connectivity index (χ1) is 14.4. The maximum Gasteiger partial charge on any atom is 0.368 e. The summed E-state index contributed by atoms with van der Waals surface area (Å²) < 4.78 is 21.2. The fraction of sp³-hybridized carbons (Fsp3) is 0.318. The van der Waals surface area contributed by atoms with Crippen LogP contribution in [0.5, 0.6) is 11.5 Å². The molecule has 6 rings (SSSR count). The van der Waals surface area contributed by atoms with Gasteiger partial charge in [0.05, 0.1) is 13.2 Å². The smallest absolute Gasteiger partial charge is 0.368 e. The van der Waals surface area contributed by atoms with E-state index in [2.05, 4.69) is 50.5 Å². The van der Waals surface area contributed by atoms with Gasteiger partial charge < -0.3 is 19.1 Å². The summed E-state index contributed by atoms with van der Waals surface area (Å²) in [7, 11) is 0. The van der Waals surface area contributed by atoms with E-state index in [0.717, 1.165) is 67.9 Å². The number of aromatic nitrogens is 3.